The van der Waals surface area contributed by atoms with E-state index in [-0.39, 0.29) is 13.2 Å². The van der Waals surface area contributed by atoms with E-state index >= 15 is 0 Å². The molecular weight excluding hydrogens is 258 g/mol. The van der Waals surface area contributed by atoms with Crippen LogP contribution >= 0.6 is 0 Å². The first-order valence-corrected chi connectivity index (χ1v) is 7.14. The van der Waals surface area contributed by atoms with Crippen molar-refractivity contribution in [2.75, 3.05) is 24.4 Å². The van der Waals surface area contributed by atoms with Gasteiger partial charge in [-0.2, -0.15) is 8.42 Å². The highest BCUT2D eigenvalue weighted by Gasteiger charge is 2.34. The van der Waals surface area contributed by atoms with Crippen molar-refractivity contribution in [3.05, 3.63) is 30.3 Å². The molecule has 1 heterocycles. The van der Waals surface area contributed by atoms with Crippen LogP contribution in [0.1, 0.15) is 0 Å². The Morgan fingerprint density at radius 3 is 2.67 bits per heavy atom. The Bertz CT molecular complexity index is 528. The minimum Gasteiger partial charge on any atom is -0.447 e. The number of hydrogen-bond donors (Lipinski definition) is 0. The van der Waals surface area contributed by atoms with Gasteiger partial charge < -0.3 is 4.74 Å². The van der Waals surface area contributed by atoms with Crippen LogP contribution in [-0.4, -0.2) is 40.0 Å². The third-order valence-electron chi connectivity index (χ3n) is 2.47. The van der Waals surface area contributed by atoms with Crippen molar-refractivity contribution in [1.82, 2.24) is 0 Å². The average molecular weight is 271 g/mol. The number of ether oxygens (including phenoxy) is 1. The second-order valence-corrected chi connectivity index (χ2v) is 5.57. The summed E-state index contributed by atoms with van der Waals surface area (Å²) in [7, 11) is -3.53. The summed E-state index contributed by atoms with van der Waals surface area (Å²) in [6.07, 6.45) is 0.473. The number of nitrogens with zero attached hydrogens (tertiary/aromatic N) is 1. The molecule has 1 fully saturated rings. The summed E-state index contributed by atoms with van der Waals surface area (Å²) in [5, 5.41) is 0. The van der Waals surface area contributed by atoms with Gasteiger partial charge in [0, 0.05) is 5.69 Å². The largest absolute Gasteiger partial charge is 0.447 e. The van der Waals surface area contributed by atoms with Crippen LogP contribution in [0.5, 0.6) is 0 Å². The molecule has 1 amide bonds. The van der Waals surface area contributed by atoms with Gasteiger partial charge in [0.1, 0.15) is 6.61 Å². The predicted octanol–water partition coefficient (Wildman–Crippen LogP) is 0.988. The van der Waals surface area contributed by atoms with Gasteiger partial charge in [0.05, 0.1) is 18.9 Å². The first-order chi connectivity index (χ1) is 8.47. The summed E-state index contributed by atoms with van der Waals surface area (Å²) < 4.78 is 31.5. The van der Waals surface area contributed by atoms with Crippen LogP contribution in [0.3, 0.4) is 0 Å². The Kier molecular flexibility index (Phi) is 3.53. The van der Waals surface area contributed by atoms with Crippen LogP contribution in [0, 0.1) is 0 Å². The number of cyclic esters (lactones) is 1. The minimum atomic E-state index is -3.53. The Labute approximate surface area is 105 Å². The van der Waals surface area contributed by atoms with E-state index in [1.54, 1.807) is 24.3 Å². The Morgan fingerprint density at radius 2 is 2.06 bits per heavy atom. The molecule has 0 radical (unpaired) electrons. The van der Waals surface area contributed by atoms with Crippen LogP contribution in [0.15, 0.2) is 30.3 Å². The van der Waals surface area contributed by atoms with E-state index in [0.717, 1.165) is 6.26 Å². The lowest BCUT2D eigenvalue weighted by molar-refractivity contribution is 0.175. The van der Waals surface area contributed by atoms with E-state index in [2.05, 4.69) is 0 Å². The zero-order valence-electron chi connectivity index (χ0n) is 9.78. The third-order valence-corrected chi connectivity index (χ3v) is 3.03. The summed E-state index contributed by atoms with van der Waals surface area (Å²) in [6.45, 7) is 0.00269. The lowest BCUT2D eigenvalue weighted by atomic mass is 10.2. The number of para-hydroxylation sites is 1. The maximum atomic E-state index is 11.6. The minimum absolute atomic E-state index is 0.112. The maximum Gasteiger partial charge on any atom is 0.414 e. The molecule has 0 saturated carbocycles. The molecule has 1 aliphatic rings. The van der Waals surface area contributed by atoms with Gasteiger partial charge in [-0.25, -0.2) is 4.79 Å². The molecule has 1 aromatic rings. The van der Waals surface area contributed by atoms with E-state index in [1.165, 1.54) is 4.90 Å². The summed E-state index contributed by atoms with van der Waals surface area (Å²) in [5.41, 5.74) is 0.655. The second kappa shape index (κ2) is 4.95. The van der Waals surface area contributed by atoms with Gasteiger partial charge in [0.2, 0.25) is 0 Å². The third kappa shape index (κ3) is 2.99. The van der Waals surface area contributed by atoms with E-state index < -0.39 is 22.3 Å². The van der Waals surface area contributed by atoms with Gasteiger partial charge in [-0.05, 0) is 12.1 Å². The summed E-state index contributed by atoms with van der Waals surface area (Å²) >= 11 is 0. The highest BCUT2D eigenvalue weighted by atomic mass is 32.2. The van der Waals surface area contributed by atoms with Gasteiger partial charge in [-0.1, -0.05) is 18.2 Å². The van der Waals surface area contributed by atoms with E-state index in [1.807, 2.05) is 6.07 Å². The topological polar surface area (TPSA) is 72.9 Å². The van der Waals surface area contributed by atoms with Crippen molar-refractivity contribution in [1.29, 1.82) is 0 Å². The molecular formula is C11H13NO5S. The first-order valence-electron chi connectivity index (χ1n) is 5.33. The normalized spacial score (nSPS) is 19.9. The van der Waals surface area contributed by atoms with Crippen LogP contribution in [0.4, 0.5) is 10.5 Å². The summed E-state index contributed by atoms with van der Waals surface area (Å²) in [5.74, 6) is 0. The highest BCUT2D eigenvalue weighted by Crippen LogP contribution is 2.23. The number of carbonyl (C=O) groups is 1. The Balaban J connectivity index is 2.14. The molecule has 0 unspecified atom stereocenters. The SMILES string of the molecule is CS(=O)(=O)OC[C@H]1COC(=O)N1c1ccccc1. The van der Waals surface area contributed by atoms with Crippen LogP contribution < -0.4 is 4.90 Å². The molecule has 1 saturated heterocycles. The monoisotopic (exact) mass is 271 g/mol. The van der Waals surface area contributed by atoms with Gasteiger partial charge >= 0.3 is 6.09 Å². The van der Waals surface area contributed by atoms with E-state index in [0.29, 0.717) is 5.69 Å². The number of rotatable bonds is 4. The van der Waals surface area contributed by atoms with Gasteiger partial charge in [-0.15, -0.1) is 0 Å². The quantitative estimate of drug-likeness (QED) is 0.763. The van der Waals surface area contributed by atoms with Crippen LogP contribution in [-0.2, 0) is 19.0 Å². The lowest BCUT2D eigenvalue weighted by Crippen LogP contribution is -2.37. The van der Waals surface area contributed by atoms with Crippen molar-refractivity contribution in [2.24, 2.45) is 0 Å². The van der Waals surface area contributed by atoms with Crippen molar-refractivity contribution in [3.8, 4) is 0 Å². The van der Waals surface area contributed by atoms with Crippen LogP contribution in [0.2, 0.25) is 0 Å². The van der Waals surface area contributed by atoms with Gasteiger partial charge in [0.15, 0.2) is 0 Å². The first kappa shape index (κ1) is 12.8. The molecule has 2 rings (SSSR count). The molecule has 18 heavy (non-hydrogen) atoms. The lowest BCUT2D eigenvalue weighted by Gasteiger charge is -2.20. The molecule has 0 N–H and O–H groups in total. The van der Waals surface area contributed by atoms with E-state index in [9.17, 15) is 13.2 Å². The molecule has 0 bridgehead atoms. The van der Waals surface area contributed by atoms with Crippen molar-refractivity contribution in [2.45, 2.75) is 6.04 Å². The fourth-order valence-electron chi connectivity index (χ4n) is 1.69. The van der Waals surface area contributed by atoms with Gasteiger partial charge in [-0.3, -0.25) is 9.08 Å². The summed E-state index contributed by atoms with van der Waals surface area (Å²) in [4.78, 5) is 13.0. The standard InChI is InChI=1S/C11H13NO5S/c1-18(14,15)17-8-10-7-16-11(13)12(10)9-5-3-2-4-6-9/h2-6,10H,7-8H2,1H3/t10-/m1/s1. The smallest absolute Gasteiger partial charge is 0.414 e. The maximum absolute atomic E-state index is 11.6. The molecule has 1 aromatic carbocycles. The highest BCUT2D eigenvalue weighted by molar-refractivity contribution is 7.85. The fraction of sp³-hybridized carbons (Fsp3) is 0.364. The van der Waals surface area contributed by atoms with Crippen molar-refractivity contribution < 1.29 is 22.1 Å². The number of anilines is 1. The molecule has 0 spiro atoms. The van der Waals surface area contributed by atoms with E-state index in [4.69, 9.17) is 8.92 Å². The van der Waals surface area contributed by atoms with Crippen LogP contribution in [0.25, 0.3) is 0 Å². The Morgan fingerprint density at radius 1 is 1.39 bits per heavy atom. The predicted molar refractivity (Wildman–Crippen MR) is 64.9 cm³/mol. The average Bonchev–Trinajstić information content (AvgIpc) is 2.68. The number of amides is 1. The zero-order chi connectivity index (χ0) is 13.2. The fourth-order valence-corrected chi connectivity index (χ4v) is 2.09. The second-order valence-electron chi connectivity index (χ2n) is 3.92. The molecule has 6 nitrogen and oxygen atoms in total. The molecule has 0 aromatic heterocycles. The van der Waals surface area contributed by atoms with Gasteiger partial charge in [0.25, 0.3) is 10.1 Å². The number of benzene rings is 1. The zero-order valence-corrected chi connectivity index (χ0v) is 10.6. The molecule has 7 heteroatoms. The van der Waals surface area contributed by atoms with Crippen molar-refractivity contribution >= 4 is 21.9 Å². The Hall–Kier alpha value is -1.60. The number of carbonyl (C=O) groups excluding carboxylic acids is 1. The number of hydrogen-bond acceptors (Lipinski definition) is 5. The molecule has 1 atom stereocenters. The molecule has 1 aliphatic heterocycles. The van der Waals surface area contributed by atoms with Crippen molar-refractivity contribution in [3.63, 3.8) is 0 Å². The molecule has 98 valence electrons. The molecule has 0 aliphatic carbocycles. The summed E-state index contributed by atoms with van der Waals surface area (Å²) in [6, 6.07) is 8.47.